The summed E-state index contributed by atoms with van der Waals surface area (Å²) in [5.74, 6) is 0.285. The van der Waals surface area contributed by atoms with E-state index < -0.39 is 6.04 Å². The average Bonchev–Trinajstić information content (AvgIpc) is 2.31. The van der Waals surface area contributed by atoms with E-state index in [4.69, 9.17) is 28.9 Å². The van der Waals surface area contributed by atoms with E-state index in [-0.39, 0.29) is 11.9 Å². The van der Waals surface area contributed by atoms with E-state index in [9.17, 15) is 4.79 Å². The van der Waals surface area contributed by atoms with Crippen molar-refractivity contribution in [1.29, 1.82) is 0 Å². The standard InChI is InChI=1S/C15H22Cl2N2O/c1-9(2)6-14(18)15(20)19-10(3)7-11-4-5-12(16)8-13(11)17/h4-5,8-10,14H,6-7,18H2,1-3H3,(H,19,20)/t10?,14-/m0/s1. The minimum atomic E-state index is -0.460. The molecular weight excluding hydrogens is 295 g/mol. The van der Waals surface area contributed by atoms with Gasteiger partial charge in [0.15, 0.2) is 0 Å². The predicted octanol–water partition coefficient (Wildman–Crippen LogP) is 3.41. The van der Waals surface area contributed by atoms with Gasteiger partial charge in [-0.25, -0.2) is 0 Å². The molecule has 0 radical (unpaired) electrons. The number of nitrogens with two attached hydrogens (primary N) is 1. The maximum absolute atomic E-state index is 11.9. The van der Waals surface area contributed by atoms with Crippen molar-refractivity contribution in [2.45, 2.75) is 45.7 Å². The highest BCUT2D eigenvalue weighted by Crippen LogP contribution is 2.22. The van der Waals surface area contributed by atoms with Crippen LogP contribution in [0.1, 0.15) is 32.8 Å². The molecule has 0 saturated heterocycles. The lowest BCUT2D eigenvalue weighted by atomic mass is 10.0. The Bertz CT molecular complexity index is 463. The van der Waals surface area contributed by atoms with Crippen LogP contribution in [-0.2, 0) is 11.2 Å². The van der Waals surface area contributed by atoms with Crippen LogP contribution >= 0.6 is 23.2 Å². The van der Waals surface area contributed by atoms with Gasteiger partial charge in [-0.2, -0.15) is 0 Å². The van der Waals surface area contributed by atoms with E-state index in [0.717, 1.165) is 5.56 Å². The molecule has 0 aliphatic carbocycles. The van der Waals surface area contributed by atoms with Crippen LogP contribution in [0.3, 0.4) is 0 Å². The number of carbonyl (C=O) groups is 1. The summed E-state index contributed by atoms with van der Waals surface area (Å²) in [6.45, 7) is 6.03. The Morgan fingerprint density at radius 2 is 1.95 bits per heavy atom. The molecule has 0 heterocycles. The van der Waals surface area contributed by atoms with Crippen LogP contribution in [0.2, 0.25) is 10.0 Å². The summed E-state index contributed by atoms with van der Waals surface area (Å²) in [7, 11) is 0. The first-order valence-corrected chi connectivity index (χ1v) is 7.55. The van der Waals surface area contributed by atoms with Gasteiger partial charge in [0.1, 0.15) is 0 Å². The van der Waals surface area contributed by atoms with Gasteiger partial charge in [0.25, 0.3) is 0 Å². The maximum atomic E-state index is 11.9. The quantitative estimate of drug-likeness (QED) is 0.845. The van der Waals surface area contributed by atoms with Crippen molar-refractivity contribution in [3.63, 3.8) is 0 Å². The average molecular weight is 317 g/mol. The van der Waals surface area contributed by atoms with Gasteiger partial charge in [0.05, 0.1) is 6.04 Å². The third kappa shape index (κ3) is 5.70. The van der Waals surface area contributed by atoms with E-state index in [2.05, 4.69) is 5.32 Å². The van der Waals surface area contributed by atoms with E-state index in [1.807, 2.05) is 26.8 Å². The van der Waals surface area contributed by atoms with Gasteiger partial charge in [-0.05, 0) is 43.4 Å². The summed E-state index contributed by atoms with van der Waals surface area (Å²) in [4.78, 5) is 11.9. The number of hydrogen-bond donors (Lipinski definition) is 2. The van der Waals surface area contributed by atoms with Crippen LogP contribution in [0.25, 0.3) is 0 Å². The largest absolute Gasteiger partial charge is 0.352 e. The first-order valence-electron chi connectivity index (χ1n) is 6.79. The first kappa shape index (κ1) is 17.3. The van der Waals surface area contributed by atoms with Crippen molar-refractivity contribution in [1.82, 2.24) is 5.32 Å². The lowest BCUT2D eigenvalue weighted by Gasteiger charge is -2.19. The Labute approximate surface area is 130 Å². The first-order chi connectivity index (χ1) is 9.29. The molecule has 1 unspecified atom stereocenters. The van der Waals surface area contributed by atoms with Crippen molar-refractivity contribution in [2.75, 3.05) is 0 Å². The Balaban J connectivity index is 2.54. The zero-order chi connectivity index (χ0) is 15.3. The summed E-state index contributed by atoms with van der Waals surface area (Å²) in [5, 5.41) is 4.14. The second-order valence-electron chi connectivity index (χ2n) is 5.59. The molecule has 0 aliphatic heterocycles. The summed E-state index contributed by atoms with van der Waals surface area (Å²) in [5.41, 5.74) is 6.81. The highest BCUT2D eigenvalue weighted by atomic mass is 35.5. The second kappa shape index (κ2) is 7.87. The molecule has 0 aromatic heterocycles. The lowest BCUT2D eigenvalue weighted by Crippen LogP contribution is -2.45. The number of rotatable bonds is 6. The number of amides is 1. The molecular formula is C15H22Cl2N2O. The Kier molecular flexibility index (Phi) is 6.80. The van der Waals surface area contributed by atoms with Gasteiger partial charge in [0.2, 0.25) is 5.91 Å². The van der Waals surface area contributed by atoms with Gasteiger partial charge >= 0.3 is 0 Å². The highest BCUT2D eigenvalue weighted by Gasteiger charge is 2.17. The Morgan fingerprint density at radius 1 is 1.30 bits per heavy atom. The van der Waals surface area contributed by atoms with Crippen molar-refractivity contribution >= 4 is 29.1 Å². The second-order valence-corrected chi connectivity index (χ2v) is 6.43. The van der Waals surface area contributed by atoms with Crippen molar-refractivity contribution in [2.24, 2.45) is 11.7 Å². The van der Waals surface area contributed by atoms with Crippen LogP contribution in [-0.4, -0.2) is 18.0 Å². The topological polar surface area (TPSA) is 55.1 Å². The fraction of sp³-hybridized carbons (Fsp3) is 0.533. The van der Waals surface area contributed by atoms with E-state index >= 15 is 0 Å². The minimum Gasteiger partial charge on any atom is -0.352 e. The molecule has 0 aliphatic rings. The van der Waals surface area contributed by atoms with Crippen molar-refractivity contribution in [3.05, 3.63) is 33.8 Å². The molecule has 1 aromatic carbocycles. The molecule has 1 aromatic rings. The van der Waals surface area contributed by atoms with Gasteiger partial charge in [-0.1, -0.05) is 43.1 Å². The number of nitrogens with one attached hydrogen (secondary N) is 1. The molecule has 1 amide bonds. The van der Waals surface area contributed by atoms with Gasteiger partial charge in [-0.3, -0.25) is 4.79 Å². The molecule has 0 saturated carbocycles. The summed E-state index contributed by atoms with van der Waals surface area (Å²) >= 11 is 12.0. The van der Waals surface area contributed by atoms with E-state index in [0.29, 0.717) is 28.8 Å². The predicted molar refractivity (Wildman–Crippen MR) is 85.2 cm³/mol. The molecule has 5 heteroatoms. The van der Waals surface area contributed by atoms with Crippen LogP contribution in [0.15, 0.2) is 18.2 Å². The summed E-state index contributed by atoms with van der Waals surface area (Å²) in [6, 6.07) is 4.89. The molecule has 112 valence electrons. The third-order valence-corrected chi connectivity index (χ3v) is 3.58. The molecule has 2 atom stereocenters. The molecule has 0 spiro atoms. The van der Waals surface area contributed by atoms with Crippen LogP contribution in [0, 0.1) is 5.92 Å². The molecule has 3 nitrogen and oxygen atoms in total. The Morgan fingerprint density at radius 3 is 2.50 bits per heavy atom. The smallest absolute Gasteiger partial charge is 0.237 e. The molecule has 0 fully saturated rings. The monoisotopic (exact) mass is 316 g/mol. The Hall–Kier alpha value is -0.770. The number of hydrogen-bond acceptors (Lipinski definition) is 2. The fourth-order valence-electron chi connectivity index (χ4n) is 2.03. The van der Waals surface area contributed by atoms with Gasteiger partial charge in [0, 0.05) is 16.1 Å². The lowest BCUT2D eigenvalue weighted by molar-refractivity contribution is -0.123. The van der Waals surface area contributed by atoms with E-state index in [1.165, 1.54) is 0 Å². The van der Waals surface area contributed by atoms with Gasteiger partial charge in [-0.15, -0.1) is 0 Å². The number of benzene rings is 1. The zero-order valence-electron chi connectivity index (χ0n) is 12.1. The van der Waals surface area contributed by atoms with Gasteiger partial charge < -0.3 is 11.1 Å². The number of carbonyl (C=O) groups excluding carboxylic acids is 1. The molecule has 1 rings (SSSR count). The molecule has 0 bridgehead atoms. The van der Waals surface area contributed by atoms with Crippen LogP contribution < -0.4 is 11.1 Å². The number of halogens is 2. The SMILES string of the molecule is CC(C)C[C@H](N)C(=O)NC(C)Cc1ccc(Cl)cc1Cl. The molecule has 3 N–H and O–H groups in total. The fourth-order valence-corrected chi connectivity index (χ4v) is 2.52. The third-order valence-electron chi connectivity index (χ3n) is 2.99. The normalized spacial score (nSPS) is 14.2. The van der Waals surface area contributed by atoms with E-state index in [1.54, 1.807) is 12.1 Å². The van der Waals surface area contributed by atoms with Crippen LogP contribution in [0.4, 0.5) is 0 Å². The summed E-state index contributed by atoms with van der Waals surface area (Å²) in [6.07, 6.45) is 1.33. The highest BCUT2D eigenvalue weighted by molar-refractivity contribution is 6.35. The minimum absolute atomic E-state index is 0.0283. The van der Waals surface area contributed by atoms with Crippen molar-refractivity contribution in [3.8, 4) is 0 Å². The molecule has 20 heavy (non-hydrogen) atoms. The van der Waals surface area contributed by atoms with Crippen molar-refractivity contribution < 1.29 is 4.79 Å². The zero-order valence-corrected chi connectivity index (χ0v) is 13.6. The maximum Gasteiger partial charge on any atom is 0.237 e. The van der Waals surface area contributed by atoms with Crippen LogP contribution in [0.5, 0.6) is 0 Å². The summed E-state index contributed by atoms with van der Waals surface area (Å²) < 4.78 is 0.